The van der Waals surface area contributed by atoms with Gasteiger partial charge in [0, 0.05) is 6.42 Å². The van der Waals surface area contributed by atoms with Gasteiger partial charge in [-0.05, 0) is 23.8 Å². The molecule has 2 nitrogen and oxygen atoms in total. The highest BCUT2D eigenvalue weighted by Crippen LogP contribution is 2.31. The first-order valence-corrected chi connectivity index (χ1v) is 6.31. The van der Waals surface area contributed by atoms with E-state index in [1.807, 2.05) is 30.3 Å². The molecule has 5 heteroatoms. The smallest absolute Gasteiger partial charge is 0.416 e. The number of hydrogen-bond donors (Lipinski definition) is 0. The zero-order chi connectivity index (χ0) is 15.3. The first-order chi connectivity index (χ1) is 9.95. The van der Waals surface area contributed by atoms with Crippen LogP contribution in [0.2, 0.25) is 0 Å². The molecule has 0 N–H and O–H groups in total. The van der Waals surface area contributed by atoms with Crippen molar-refractivity contribution in [3.8, 4) is 5.75 Å². The Morgan fingerprint density at radius 3 is 2.38 bits per heavy atom. The summed E-state index contributed by atoms with van der Waals surface area (Å²) in [6, 6.07) is 13.6. The maximum absolute atomic E-state index is 12.5. The Labute approximate surface area is 120 Å². The van der Waals surface area contributed by atoms with E-state index in [4.69, 9.17) is 4.74 Å². The van der Waals surface area contributed by atoms with Crippen molar-refractivity contribution in [1.82, 2.24) is 0 Å². The van der Waals surface area contributed by atoms with Crippen LogP contribution in [-0.4, -0.2) is 12.4 Å². The van der Waals surface area contributed by atoms with Crippen molar-refractivity contribution >= 4 is 5.78 Å². The summed E-state index contributed by atoms with van der Waals surface area (Å²) in [5.74, 6) is -0.162. The highest BCUT2D eigenvalue weighted by molar-refractivity contribution is 5.82. The number of ketones is 1. The minimum atomic E-state index is -4.42. The lowest BCUT2D eigenvalue weighted by Gasteiger charge is -2.09. The van der Waals surface area contributed by atoms with Crippen molar-refractivity contribution in [2.45, 2.75) is 12.6 Å². The Bertz CT molecular complexity index is 606. The van der Waals surface area contributed by atoms with Gasteiger partial charge in [-0.25, -0.2) is 0 Å². The molecular weight excluding hydrogens is 281 g/mol. The second-order valence-electron chi connectivity index (χ2n) is 4.52. The van der Waals surface area contributed by atoms with Crippen molar-refractivity contribution < 1.29 is 22.7 Å². The Kier molecular flexibility index (Phi) is 4.62. The monoisotopic (exact) mass is 294 g/mol. The lowest BCUT2D eigenvalue weighted by atomic mass is 10.1. The molecule has 2 aromatic rings. The van der Waals surface area contributed by atoms with Gasteiger partial charge < -0.3 is 4.74 Å². The maximum Gasteiger partial charge on any atom is 0.416 e. The van der Waals surface area contributed by atoms with Gasteiger partial charge in [0.1, 0.15) is 12.4 Å². The number of carbonyl (C=O) groups is 1. The highest BCUT2D eigenvalue weighted by Gasteiger charge is 2.30. The predicted molar refractivity (Wildman–Crippen MR) is 72.1 cm³/mol. The lowest BCUT2D eigenvalue weighted by Crippen LogP contribution is -2.14. The van der Waals surface area contributed by atoms with Crippen molar-refractivity contribution in [1.29, 1.82) is 0 Å². The van der Waals surface area contributed by atoms with Gasteiger partial charge in [0.2, 0.25) is 0 Å². The van der Waals surface area contributed by atoms with Crippen LogP contribution in [0.4, 0.5) is 13.2 Å². The van der Waals surface area contributed by atoms with Crippen LogP contribution in [0, 0.1) is 0 Å². The van der Waals surface area contributed by atoms with E-state index in [1.54, 1.807) is 0 Å². The third-order valence-corrected chi connectivity index (χ3v) is 2.81. The largest absolute Gasteiger partial charge is 0.486 e. The molecule has 0 spiro atoms. The minimum absolute atomic E-state index is 0.0336. The van der Waals surface area contributed by atoms with Crippen LogP contribution < -0.4 is 4.74 Å². The van der Waals surface area contributed by atoms with Gasteiger partial charge in [-0.2, -0.15) is 13.2 Å². The minimum Gasteiger partial charge on any atom is -0.486 e. The maximum atomic E-state index is 12.5. The summed E-state index contributed by atoms with van der Waals surface area (Å²) in [5.41, 5.74) is 0.0469. The molecule has 0 aliphatic heterocycles. The fourth-order valence-corrected chi connectivity index (χ4v) is 1.80. The molecule has 0 bridgehead atoms. The quantitative estimate of drug-likeness (QED) is 0.836. The molecule has 0 amide bonds. The van der Waals surface area contributed by atoms with Crippen LogP contribution in [-0.2, 0) is 17.4 Å². The summed E-state index contributed by atoms with van der Waals surface area (Å²) in [4.78, 5) is 11.7. The summed E-state index contributed by atoms with van der Waals surface area (Å²) < 4.78 is 42.7. The fourth-order valence-electron chi connectivity index (χ4n) is 1.80. The molecule has 0 fully saturated rings. The average molecular weight is 294 g/mol. The molecule has 0 aromatic heterocycles. The van der Waals surface area contributed by atoms with Crippen LogP contribution in [0.5, 0.6) is 5.75 Å². The van der Waals surface area contributed by atoms with E-state index in [0.717, 1.165) is 17.7 Å². The summed E-state index contributed by atoms with van der Waals surface area (Å²) >= 11 is 0. The lowest BCUT2D eigenvalue weighted by molar-refractivity contribution is -0.137. The third kappa shape index (κ3) is 4.63. The second-order valence-corrected chi connectivity index (χ2v) is 4.52. The van der Waals surface area contributed by atoms with Crippen LogP contribution >= 0.6 is 0 Å². The van der Waals surface area contributed by atoms with Gasteiger partial charge >= 0.3 is 6.18 Å². The van der Waals surface area contributed by atoms with Gasteiger partial charge in [-0.15, -0.1) is 0 Å². The summed E-state index contributed by atoms with van der Waals surface area (Å²) in [6.45, 7) is -0.254. The zero-order valence-electron chi connectivity index (χ0n) is 11.1. The number of rotatable bonds is 5. The highest BCUT2D eigenvalue weighted by atomic mass is 19.4. The number of alkyl halides is 3. The Balaban J connectivity index is 1.92. The predicted octanol–water partition coefficient (Wildman–Crippen LogP) is 3.90. The second kappa shape index (κ2) is 6.43. The topological polar surface area (TPSA) is 26.3 Å². The molecule has 0 radical (unpaired) electrons. The van der Waals surface area contributed by atoms with Gasteiger partial charge in [0.25, 0.3) is 0 Å². The number of Topliss-reactive ketones (excluding diaryl/α,β-unsaturated/α-hetero) is 1. The van der Waals surface area contributed by atoms with Crippen LogP contribution in [0.1, 0.15) is 11.1 Å². The molecule has 21 heavy (non-hydrogen) atoms. The number of benzene rings is 2. The first kappa shape index (κ1) is 15.1. The number of carbonyl (C=O) groups excluding carboxylic acids is 1. The number of hydrogen-bond acceptors (Lipinski definition) is 2. The van der Waals surface area contributed by atoms with Gasteiger partial charge in [-0.3, -0.25) is 4.79 Å². The van der Waals surface area contributed by atoms with E-state index in [1.165, 1.54) is 12.1 Å². The molecule has 0 aliphatic rings. The summed E-state index contributed by atoms with van der Waals surface area (Å²) in [5, 5.41) is 0. The Morgan fingerprint density at radius 1 is 1.00 bits per heavy atom. The molecule has 110 valence electrons. The van der Waals surface area contributed by atoms with Crippen molar-refractivity contribution in [2.24, 2.45) is 0 Å². The van der Waals surface area contributed by atoms with Crippen LogP contribution in [0.3, 0.4) is 0 Å². The van der Waals surface area contributed by atoms with E-state index in [2.05, 4.69) is 0 Å². The Morgan fingerprint density at radius 2 is 1.71 bits per heavy atom. The normalized spacial score (nSPS) is 11.2. The molecule has 2 aromatic carbocycles. The zero-order valence-corrected chi connectivity index (χ0v) is 11.1. The molecule has 2 rings (SSSR count). The molecule has 0 aliphatic carbocycles. The number of ether oxygens (including phenoxy) is 1. The Hall–Kier alpha value is -2.30. The van der Waals surface area contributed by atoms with Crippen molar-refractivity contribution in [3.63, 3.8) is 0 Å². The van der Waals surface area contributed by atoms with Gasteiger partial charge in [-0.1, -0.05) is 36.4 Å². The fraction of sp³-hybridized carbons (Fsp3) is 0.188. The van der Waals surface area contributed by atoms with E-state index >= 15 is 0 Å². The van der Waals surface area contributed by atoms with Gasteiger partial charge in [0.05, 0.1) is 5.56 Å². The molecule has 0 saturated carbocycles. The van der Waals surface area contributed by atoms with E-state index in [-0.39, 0.29) is 24.6 Å². The first-order valence-electron chi connectivity index (χ1n) is 6.31. The molecule has 0 unspecified atom stereocenters. The number of halogens is 3. The van der Waals surface area contributed by atoms with Crippen molar-refractivity contribution in [3.05, 3.63) is 65.7 Å². The third-order valence-electron chi connectivity index (χ3n) is 2.81. The van der Waals surface area contributed by atoms with Crippen LogP contribution in [0.15, 0.2) is 54.6 Å². The molecule has 0 saturated heterocycles. The van der Waals surface area contributed by atoms with E-state index < -0.39 is 11.7 Å². The molecule has 0 atom stereocenters. The summed E-state index contributed by atoms with van der Waals surface area (Å²) in [6.07, 6.45) is -4.23. The molecule has 0 heterocycles. The van der Waals surface area contributed by atoms with Gasteiger partial charge in [0.15, 0.2) is 5.78 Å². The SMILES string of the molecule is O=C(COc1cccc(C(F)(F)F)c1)Cc1ccccc1. The van der Waals surface area contributed by atoms with Crippen LogP contribution in [0.25, 0.3) is 0 Å². The van der Waals surface area contributed by atoms with E-state index in [0.29, 0.717) is 0 Å². The van der Waals surface area contributed by atoms with E-state index in [9.17, 15) is 18.0 Å². The average Bonchev–Trinajstić information content (AvgIpc) is 2.46. The molecular formula is C16H13F3O2. The standard InChI is InChI=1S/C16H13F3O2/c17-16(18,19)13-7-4-8-15(10-13)21-11-14(20)9-12-5-2-1-3-6-12/h1-8,10H,9,11H2. The van der Waals surface area contributed by atoms with Crippen molar-refractivity contribution in [2.75, 3.05) is 6.61 Å². The summed E-state index contributed by atoms with van der Waals surface area (Å²) in [7, 11) is 0.